The molecule has 0 amide bonds. The third-order valence-corrected chi connectivity index (χ3v) is 3.50. The van der Waals surface area contributed by atoms with E-state index >= 15 is 0 Å². The topological polar surface area (TPSA) is 44.2 Å². The van der Waals surface area contributed by atoms with Gasteiger partial charge in [-0.05, 0) is 31.7 Å². The minimum atomic E-state index is 0.0610. The minimum absolute atomic E-state index is 0.0610. The van der Waals surface area contributed by atoms with Crippen molar-refractivity contribution in [3.63, 3.8) is 0 Å². The Kier molecular flexibility index (Phi) is 4.70. The van der Waals surface area contributed by atoms with E-state index in [0.717, 1.165) is 22.5 Å². The molecule has 0 bridgehead atoms. The van der Waals surface area contributed by atoms with Gasteiger partial charge in [0.1, 0.15) is 11.4 Å². The van der Waals surface area contributed by atoms with Crippen molar-refractivity contribution in [1.29, 1.82) is 0 Å². The van der Waals surface area contributed by atoms with E-state index in [1.54, 1.807) is 7.11 Å². The number of hydrogen-bond donors (Lipinski definition) is 1. The van der Waals surface area contributed by atoms with E-state index in [-0.39, 0.29) is 12.0 Å². The van der Waals surface area contributed by atoms with Gasteiger partial charge in [-0.1, -0.05) is 6.92 Å². The van der Waals surface area contributed by atoms with Crippen LogP contribution in [0.5, 0.6) is 11.6 Å². The van der Waals surface area contributed by atoms with Gasteiger partial charge in [-0.2, -0.15) is 12.6 Å². The maximum absolute atomic E-state index is 5.79. The van der Waals surface area contributed by atoms with Crippen LogP contribution >= 0.6 is 12.6 Å². The maximum Gasteiger partial charge on any atom is 0.236 e. The first-order chi connectivity index (χ1) is 9.55. The molecule has 0 saturated carbocycles. The van der Waals surface area contributed by atoms with Crippen molar-refractivity contribution in [3.8, 4) is 11.6 Å². The zero-order valence-electron chi connectivity index (χ0n) is 12.3. The summed E-state index contributed by atoms with van der Waals surface area (Å²) in [7, 11) is 1.64. The molecule has 0 spiro atoms. The van der Waals surface area contributed by atoms with Crippen LogP contribution in [0.2, 0.25) is 0 Å². The van der Waals surface area contributed by atoms with Gasteiger partial charge in [-0.25, -0.2) is 9.97 Å². The summed E-state index contributed by atoms with van der Waals surface area (Å²) in [4.78, 5) is 9.28. The Labute approximate surface area is 124 Å². The maximum atomic E-state index is 5.79. The monoisotopic (exact) mass is 292 g/mol. The second-order valence-corrected chi connectivity index (χ2v) is 5.38. The number of rotatable bonds is 5. The first kappa shape index (κ1) is 14.9. The predicted molar refractivity (Wildman–Crippen MR) is 84.1 cm³/mol. The average molecular weight is 292 g/mol. The largest absolute Gasteiger partial charge is 0.497 e. The standard InChI is InChI=1S/C15H20N2O2S/c1-9(2)19-15-14(10(3)8-20)16-13-7-11(18-4)5-6-12(13)17-15/h5-7,9-10,20H,8H2,1-4H3. The molecule has 0 aliphatic rings. The number of benzene rings is 1. The summed E-state index contributed by atoms with van der Waals surface area (Å²) < 4.78 is 11.0. The van der Waals surface area contributed by atoms with Crippen LogP contribution in [-0.4, -0.2) is 28.9 Å². The Hall–Kier alpha value is -1.49. The van der Waals surface area contributed by atoms with Crippen molar-refractivity contribution < 1.29 is 9.47 Å². The Balaban J connectivity index is 2.57. The molecule has 5 heteroatoms. The van der Waals surface area contributed by atoms with Crippen molar-refractivity contribution in [3.05, 3.63) is 23.9 Å². The summed E-state index contributed by atoms with van der Waals surface area (Å²) in [6, 6.07) is 5.65. The smallest absolute Gasteiger partial charge is 0.236 e. The molecular weight excluding hydrogens is 272 g/mol. The third kappa shape index (κ3) is 3.15. The quantitative estimate of drug-likeness (QED) is 0.857. The van der Waals surface area contributed by atoms with Crippen LogP contribution in [-0.2, 0) is 0 Å². The molecule has 2 rings (SSSR count). The fourth-order valence-corrected chi connectivity index (χ4v) is 2.05. The van der Waals surface area contributed by atoms with Crippen LogP contribution in [0.4, 0.5) is 0 Å². The van der Waals surface area contributed by atoms with Crippen LogP contribution in [0.3, 0.4) is 0 Å². The Morgan fingerprint density at radius 3 is 2.50 bits per heavy atom. The van der Waals surface area contributed by atoms with E-state index in [4.69, 9.17) is 14.5 Å². The summed E-state index contributed by atoms with van der Waals surface area (Å²) in [6.45, 7) is 6.03. The van der Waals surface area contributed by atoms with Crippen molar-refractivity contribution in [1.82, 2.24) is 9.97 Å². The molecule has 1 aromatic heterocycles. The van der Waals surface area contributed by atoms with Crippen molar-refractivity contribution in [2.45, 2.75) is 32.8 Å². The second-order valence-electron chi connectivity index (χ2n) is 5.02. The van der Waals surface area contributed by atoms with Gasteiger partial charge in [-0.15, -0.1) is 0 Å². The zero-order valence-corrected chi connectivity index (χ0v) is 13.1. The molecular formula is C15H20N2O2S. The highest BCUT2D eigenvalue weighted by molar-refractivity contribution is 7.80. The zero-order chi connectivity index (χ0) is 14.7. The molecule has 1 atom stereocenters. The van der Waals surface area contributed by atoms with E-state index in [1.807, 2.05) is 32.0 Å². The van der Waals surface area contributed by atoms with E-state index in [9.17, 15) is 0 Å². The number of ether oxygens (including phenoxy) is 2. The highest BCUT2D eigenvalue weighted by Gasteiger charge is 2.17. The number of fused-ring (bicyclic) bond motifs is 1. The average Bonchev–Trinajstić information content (AvgIpc) is 2.44. The summed E-state index contributed by atoms with van der Waals surface area (Å²) in [5.74, 6) is 2.24. The van der Waals surface area contributed by atoms with Gasteiger partial charge in [-0.3, -0.25) is 0 Å². The van der Waals surface area contributed by atoms with Gasteiger partial charge in [0.2, 0.25) is 5.88 Å². The highest BCUT2D eigenvalue weighted by atomic mass is 32.1. The van der Waals surface area contributed by atoms with E-state index in [0.29, 0.717) is 11.6 Å². The molecule has 20 heavy (non-hydrogen) atoms. The number of thiol groups is 1. The molecule has 0 fully saturated rings. The summed E-state index contributed by atoms with van der Waals surface area (Å²) >= 11 is 4.35. The first-order valence-electron chi connectivity index (χ1n) is 6.68. The Morgan fingerprint density at radius 2 is 1.90 bits per heavy atom. The molecule has 4 nitrogen and oxygen atoms in total. The fourth-order valence-electron chi connectivity index (χ4n) is 1.88. The minimum Gasteiger partial charge on any atom is -0.497 e. The molecule has 0 saturated heterocycles. The van der Waals surface area contributed by atoms with Crippen LogP contribution in [0.1, 0.15) is 32.4 Å². The fraction of sp³-hybridized carbons (Fsp3) is 0.467. The van der Waals surface area contributed by atoms with Gasteiger partial charge in [0.25, 0.3) is 0 Å². The molecule has 0 radical (unpaired) electrons. The highest BCUT2D eigenvalue weighted by Crippen LogP contribution is 2.28. The summed E-state index contributed by atoms with van der Waals surface area (Å²) in [5.41, 5.74) is 2.45. The second kappa shape index (κ2) is 6.31. The Morgan fingerprint density at radius 1 is 1.15 bits per heavy atom. The van der Waals surface area contributed by atoms with E-state index in [1.165, 1.54) is 0 Å². The Bertz CT molecular complexity index is 602. The van der Waals surface area contributed by atoms with Gasteiger partial charge in [0, 0.05) is 12.0 Å². The SMILES string of the molecule is COc1ccc2nc(OC(C)C)c(C(C)CS)nc2c1. The molecule has 0 aliphatic heterocycles. The number of hydrogen-bond acceptors (Lipinski definition) is 5. The van der Waals surface area contributed by atoms with Crippen molar-refractivity contribution in [2.24, 2.45) is 0 Å². The summed E-state index contributed by atoms with van der Waals surface area (Å²) in [5, 5.41) is 0. The summed E-state index contributed by atoms with van der Waals surface area (Å²) in [6.07, 6.45) is 0.0610. The molecule has 2 aromatic rings. The first-order valence-corrected chi connectivity index (χ1v) is 7.31. The molecule has 1 aromatic carbocycles. The lowest BCUT2D eigenvalue weighted by Gasteiger charge is -2.16. The van der Waals surface area contributed by atoms with Crippen LogP contribution in [0.25, 0.3) is 11.0 Å². The van der Waals surface area contributed by atoms with E-state index in [2.05, 4.69) is 24.5 Å². The van der Waals surface area contributed by atoms with Crippen LogP contribution in [0.15, 0.2) is 18.2 Å². The number of nitrogens with zero attached hydrogens (tertiary/aromatic N) is 2. The normalized spacial score (nSPS) is 12.7. The number of aromatic nitrogens is 2. The lowest BCUT2D eigenvalue weighted by molar-refractivity contribution is 0.229. The number of methoxy groups -OCH3 is 1. The van der Waals surface area contributed by atoms with Gasteiger partial charge < -0.3 is 9.47 Å². The lowest BCUT2D eigenvalue weighted by atomic mass is 10.1. The third-order valence-electron chi connectivity index (χ3n) is 2.95. The molecule has 108 valence electrons. The molecule has 1 unspecified atom stereocenters. The molecule has 0 aliphatic carbocycles. The van der Waals surface area contributed by atoms with Gasteiger partial charge in [0.15, 0.2) is 0 Å². The van der Waals surface area contributed by atoms with Crippen molar-refractivity contribution in [2.75, 3.05) is 12.9 Å². The van der Waals surface area contributed by atoms with Crippen LogP contribution in [0, 0.1) is 0 Å². The predicted octanol–water partition coefficient (Wildman–Crippen LogP) is 3.46. The van der Waals surface area contributed by atoms with Crippen molar-refractivity contribution >= 4 is 23.7 Å². The molecule has 1 heterocycles. The lowest BCUT2D eigenvalue weighted by Crippen LogP contribution is -2.12. The van der Waals surface area contributed by atoms with Gasteiger partial charge >= 0.3 is 0 Å². The van der Waals surface area contributed by atoms with E-state index < -0.39 is 0 Å². The van der Waals surface area contributed by atoms with Crippen LogP contribution < -0.4 is 9.47 Å². The molecule has 0 N–H and O–H groups in total. The van der Waals surface area contributed by atoms with Gasteiger partial charge in [0.05, 0.1) is 24.2 Å².